The van der Waals surface area contributed by atoms with Crippen LogP contribution in [0.2, 0.25) is 5.02 Å². The molecule has 7 heteroatoms. The predicted molar refractivity (Wildman–Crippen MR) is 102 cm³/mol. The summed E-state index contributed by atoms with van der Waals surface area (Å²) in [6, 6.07) is 8.70. The van der Waals surface area contributed by atoms with Gasteiger partial charge in [0.15, 0.2) is 5.76 Å². The largest absolute Gasteiger partial charge is 0.459 e. The molecule has 0 saturated carbocycles. The van der Waals surface area contributed by atoms with Crippen molar-refractivity contribution in [1.29, 1.82) is 0 Å². The van der Waals surface area contributed by atoms with E-state index in [-0.39, 0.29) is 17.6 Å². The van der Waals surface area contributed by atoms with Gasteiger partial charge >= 0.3 is 0 Å². The maximum atomic E-state index is 12.0. The smallest absolute Gasteiger partial charge is 0.291 e. The van der Waals surface area contributed by atoms with Crippen LogP contribution in [0.1, 0.15) is 30.3 Å². The molecule has 0 unspecified atom stereocenters. The number of hydrogen-bond donors (Lipinski definition) is 1. The average molecular weight is 376 g/mol. The summed E-state index contributed by atoms with van der Waals surface area (Å²) in [6.07, 6.45) is 2.93. The quantitative estimate of drug-likeness (QED) is 0.866. The summed E-state index contributed by atoms with van der Waals surface area (Å²) >= 11 is 6.42. The average Bonchev–Trinajstić information content (AvgIpc) is 3.17. The fraction of sp³-hybridized carbons (Fsp3) is 0.368. The number of furan rings is 1. The lowest BCUT2D eigenvalue weighted by Gasteiger charge is -2.36. The highest BCUT2D eigenvalue weighted by Gasteiger charge is 2.22. The van der Waals surface area contributed by atoms with Crippen molar-refractivity contribution < 1.29 is 14.0 Å². The van der Waals surface area contributed by atoms with Gasteiger partial charge in [-0.2, -0.15) is 0 Å². The molecule has 1 aromatic heterocycles. The Bertz CT molecular complexity index is 768. The van der Waals surface area contributed by atoms with Gasteiger partial charge in [-0.15, -0.1) is 0 Å². The zero-order chi connectivity index (χ0) is 18.5. The number of amides is 2. The number of benzene rings is 1. The van der Waals surface area contributed by atoms with Crippen LogP contribution in [0.5, 0.6) is 0 Å². The number of anilines is 2. The minimum absolute atomic E-state index is 0.217. The van der Waals surface area contributed by atoms with Crippen LogP contribution in [-0.4, -0.2) is 42.9 Å². The fourth-order valence-corrected chi connectivity index (χ4v) is 3.31. The van der Waals surface area contributed by atoms with E-state index in [4.69, 9.17) is 16.0 Å². The number of hydrogen-bond acceptors (Lipinski definition) is 4. The summed E-state index contributed by atoms with van der Waals surface area (Å²) in [5.41, 5.74) is 1.52. The van der Waals surface area contributed by atoms with Crippen LogP contribution in [0.3, 0.4) is 0 Å². The summed E-state index contributed by atoms with van der Waals surface area (Å²) in [7, 11) is 0. The summed E-state index contributed by atoms with van der Waals surface area (Å²) in [4.78, 5) is 28.1. The molecule has 2 aromatic rings. The molecule has 1 aliphatic rings. The van der Waals surface area contributed by atoms with Crippen molar-refractivity contribution in [2.75, 3.05) is 36.4 Å². The maximum Gasteiger partial charge on any atom is 0.291 e. The molecule has 138 valence electrons. The normalized spacial score (nSPS) is 14.4. The second-order valence-corrected chi connectivity index (χ2v) is 6.62. The SMILES string of the molecule is CCCC(=O)N1CCN(c2ccc(NC(=O)c3ccco3)cc2Cl)CC1. The molecule has 0 atom stereocenters. The lowest BCUT2D eigenvalue weighted by molar-refractivity contribution is -0.131. The summed E-state index contributed by atoms with van der Waals surface area (Å²) in [5, 5.41) is 3.33. The van der Waals surface area contributed by atoms with Crippen molar-refractivity contribution in [2.45, 2.75) is 19.8 Å². The Hall–Kier alpha value is -2.47. The van der Waals surface area contributed by atoms with E-state index in [1.54, 1.807) is 18.2 Å². The molecule has 0 spiro atoms. The van der Waals surface area contributed by atoms with Gasteiger partial charge in [-0.3, -0.25) is 9.59 Å². The van der Waals surface area contributed by atoms with E-state index in [2.05, 4.69) is 10.2 Å². The third-order valence-corrected chi connectivity index (χ3v) is 4.69. The minimum Gasteiger partial charge on any atom is -0.459 e. The van der Waals surface area contributed by atoms with Gasteiger partial charge in [0.05, 0.1) is 17.0 Å². The van der Waals surface area contributed by atoms with Gasteiger partial charge in [0.2, 0.25) is 5.91 Å². The molecule has 1 aromatic carbocycles. The van der Waals surface area contributed by atoms with E-state index >= 15 is 0 Å². The van der Waals surface area contributed by atoms with Crippen LogP contribution in [0, 0.1) is 0 Å². The Morgan fingerprint density at radius 2 is 1.96 bits per heavy atom. The Morgan fingerprint density at radius 3 is 2.58 bits per heavy atom. The highest BCUT2D eigenvalue weighted by atomic mass is 35.5. The molecule has 6 nitrogen and oxygen atoms in total. The van der Waals surface area contributed by atoms with Crippen molar-refractivity contribution in [3.8, 4) is 0 Å². The first-order valence-electron chi connectivity index (χ1n) is 8.75. The first-order chi connectivity index (χ1) is 12.6. The predicted octanol–water partition coefficient (Wildman–Crippen LogP) is 3.63. The molecule has 2 heterocycles. The number of rotatable bonds is 5. The van der Waals surface area contributed by atoms with Crippen LogP contribution in [0.4, 0.5) is 11.4 Å². The number of carbonyl (C=O) groups is 2. The second-order valence-electron chi connectivity index (χ2n) is 6.22. The highest BCUT2D eigenvalue weighted by Crippen LogP contribution is 2.30. The maximum absolute atomic E-state index is 12.0. The van der Waals surface area contributed by atoms with Crippen LogP contribution < -0.4 is 10.2 Å². The van der Waals surface area contributed by atoms with Crippen molar-refractivity contribution in [3.63, 3.8) is 0 Å². The Morgan fingerprint density at radius 1 is 1.19 bits per heavy atom. The molecule has 0 radical (unpaired) electrons. The Labute approximate surface area is 157 Å². The molecule has 2 amide bonds. The van der Waals surface area contributed by atoms with Gasteiger partial charge in [0, 0.05) is 38.3 Å². The Balaban J connectivity index is 1.61. The molecule has 3 rings (SSSR count). The number of nitrogens with one attached hydrogen (secondary N) is 1. The van der Waals surface area contributed by atoms with E-state index in [1.807, 2.05) is 24.0 Å². The van der Waals surface area contributed by atoms with Gasteiger partial charge in [0.25, 0.3) is 5.91 Å². The van der Waals surface area contributed by atoms with Gasteiger partial charge in [-0.25, -0.2) is 0 Å². The molecule has 1 fully saturated rings. The number of carbonyl (C=O) groups excluding carboxylic acids is 2. The van der Waals surface area contributed by atoms with E-state index in [1.165, 1.54) is 6.26 Å². The van der Waals surface area contributed by atoms with Gasteiger partial charge in [-0.05, 0) is 36.8 Å². The molecule has 1 aliphatic heterocycles. The van der Waals surface area contributed by atoms with E-state index in [9.17, 15) is 9.59 Å². The first kappa shape index (κ1) is 18.3. The number of nitrogens with zero attached hydrogens (tertiary/aromatic N) is 2. The fourth-order valence-electron chi connectivity index (χ4n) is 3.01. The topological polar surface area (TPSA) is 65.8 Å². The molecular formula is C19H22ClN3O3. The third-order valence-electron chi connectivity index (χ3n) is 4.39. The molecule has 0 bridgehead atoms. The van der Waals surface area contributed by atoms with Crippen LogP contribution >= 0.6 is 11.6 Å². The second kappa shape index (κ2) is 8.27. The molecular weight excluding hydrogens is 354 g/mol. The van der Waals surface area contributed by atoms with E-state index in [0.29, 0.717) is 30.2 Å². The highest BCUT2D eigenvalue weighted by molar-refractivity contribution is 6.33. The molecule has 1 N–H and O–H groups in total. The minimum atomic E-state index is -0.318. The lowest BCUT2D eigenvalue weighted by Crippen LogP contribution is -2.48. The van der Waals surface area contributed by atoms with Gasteiger partial charge < -0.3 is 19.5 Å². The van der Waals surface area contributed by atoms with Crippen molar-refractivity contribution in [2.24, 2.45) is 0 Å². The van der Waals surface area contributed by atoms with Crippen LogP contribution in [-0.2, 0) is 4.79 Å². The standard InChI is InChI=1S/C19H22ClN3O3/c1-2-4-18(24)23-10-8-22(9-11-23)16-7-6-14(13-15(16)20)21-19(25)17-5-3-12-26-17/h3,5-7,12-13H,2,4,8-11H2,1H3,(H,21,25). The molecule has 0 aliphatic carbocycles. The monoisotopic (exact) mass is 375 g/mol. The summed E-state index contributed by atoms with van der Waals surface area (Å²) in [5.74, 6) is 0.147. The summed E-state index contributed by atoms with van der Waals surface area (Å²) in [6.45, 7) is 4.90. The zero-order valence-electron chi connectivity index (χ0n) is 14.7. The zero-order valence-corrected chi connectivity index (χ0v) is 15.5. The lowest BCUT2D eigenvalue weighted by atomic mass is 10.2. The number of piperazine rings is 1. The van der Waals surface area contributed by atoms with Crippen LogP contribution in [0.25, 0.3) is 0 Å². The Kier molecular flexibility index (Phi) is 5.83. The van der Waals surface area contributed by atoms with Crippen molar-refractivity contribution in [1.82, 2.24) is 4.90 Å². The van der Waals surface area contributed by atoms with Crippen molar-refractivity contribution in [3.05, 3.63) is 47.4 Å². The van der Waals surface area contributed by atoms with Gasteiger partial charge in [0.1, 0.15) is 0 Å². The molecule has 26 heavy (non-hydrogen) atoms. The van der Waals surface area contributed by atoms with E-state index in [0.717, 1.165) is 25.2 Å². The number of halogens is 1. The van der Waals surface area contributed by atoms with Crippen molar-refractivity contribution >= 4 is 34.8 Å². The third kappa shape index (κ3) is 4.19. The molecule has 1 saturated heterocycles. The van der Waals surface area contributed by atoms with E-state index < -0.39 is 0 Å². The van der Waals surface area contributed by atoms with Crippen LogP contribution in [0.15, 0.2) is 41.0 Å². The van der Waals surface area contributed by atoms with Gasteiger partial charge in [-0.1, -0.05) is 18.5 Å². The first-order valence-corrected chi connectivity index (χ1v) is 9.13. The summed E-state index contributed by atoms with van der Waals surface area (Å²) < 4.78 is 5.08.